The molecule has 0 aliphatic heterocycles. The van der Waals surface area contributed by atoms with Crippen molar-refractivity contribution in [2.75, 3.05) is 7.11 Å². The molecule has 1 heterocycles. The fourth-order valence-electron chi connectivity index (χ4n) is 2.80. The molecule has 1 N–H and O–H groups in total. The Morgan fingerprint density at radius 2 is 1.97 bits per heavy atom. The second kappa shape index (κ2) is 8.84. The minimum Gasteiger partial charge on any atom is -0.497 e. The summed E-state index contributed by atoms with van der Waals surface area (Å²) in [5.41, 5.74) is 3.93. The Bertz CT molecular complexity index is 1220. The Kier molecular flexibility index (Phi) is 6.03. The number of ether oxygens (including phenoxy) is 1. The van der Waals surface area contributed by atoms with Crippen molar-refractivity contribution < 1.29 is 9.53 Å². The first-order valence-electron chi connectivity index (χ1n) is 9.03. The van der Waals surface area contributed by atoms with Gasteiger partial charge >= 0.3 is 0 Å². The number of carbonyl (C=O) groups is 1. The van der Waals surface area contributed by atoms with E-state index in [-0.39, 0.29) is 16.8 Å². The van der Waals surface area contributed by atoms with Crippen molar-refractivity contribution in [2.45, 2.75) is 13.8 Å². The van der Waals surface area contributed by atoms with Crippen molar-refractivity contribution in [1.29, 1.82) is 5.26 Å². The summed E-state index contributed by atoms with van der Waals surface area (Å²) in [4.78, 5) is 25.3. The van der Waals surface area contributed by atoms with Gasteiger partial charge in [-0.3, -0.25) is 9.59 Å². The Morgan fingerprint density at radius 1 is 1.23 bits per heavy atom. The maximum Gasteiger partial charge on any atom is 0.292 e. The molecule has 3 rings (SSSR count). The van der Waals surface area contributed by atoms with Crippen molar-refractivity contribution in [2.24, 2.45) is 5.10 Å². The van der Waals surface area contributed by atoms with Gasteiger partial charge in [0.1, 0.15) is 17.4 Å². The molecule has 2 aromatic carbocycles. The highest BCUT2D eigenvalue weighted by molar-refractivity contribution is 5.94. The lowest BCUT2D eigenvalue weighted by Gasteiger charge is -2.11. The number of aryl methyl sites for hydroxylation is 1. The summed E-state index contributed by atoms with van der Waals surface area (Å²) in [6.07, 6.45) is 1.47. The van der Waals surface area contributed by atoms with Crippen LogP contribution in [-0.2, 0) is 0 Å². The van der Waals surface area contributed by atoms with Crippen LogP contribution in [0.4, 0.5) is 0 Å². The number of hydrogen-bond acceptors (Lipinski definition) is 6. The number of benzene rings is 2. The van der Waals surface area contributed by atoms with E-state index >= 15 is 0 Å². The summed E-state index contributed by atoms with van der Waals surface area (Å²) in [6, 6.07) is 16.0. The molecule has 0 saturated heterocycles. The Balaban J connectivity index is 1.93. The zero-order valence-electron chi connectivity index (χ0n) is 16.7. The first-order chi connectivity index (χ1) is 14.4. The molecule has 1 amide bonds. The Morgan fingerprint density at radius 3 is 2.60 bits per heavy atom. The quantitative estimate of drug-likeness (QED) is 0.522. The molecule has 30 heavy (non-hydrogen) atoms. The monoisotopic (exact) mass is 401 g/mol. The van der Waals surface area contributed by atoms with Gasteiger partial charge in [0.2, 0.25) is 0 Å². The number of carbonyl (C=O) groups excluding carboxylic acids is 1. The topological polar surface area (TPSA) is 109 Å². The molecule has 150 valence electrons. The van der Waals surface area contributed by atoms with E-state index in [0.29, 0.717) is 11.4 Å². The third-order valence-corrected chi connectivity index (χ3v) is 4.41. The number of methoxy groups -OCH3 is 1. The van der Waals surface area contributed by atoms with Gasteiger partial charge in [0.05, 0.1) is 19.0 Å². The normalized spacial score (nSPS) is 10.6. The highest BCUT2D eigenvalue weighted by atomic mass is 16.5. The molecule has 0 atom stereocenters. The third kappa shape index (κ3) is 4.25. The number of aromatic nitrogens is 2. The van der Waals surface area contributed by atoms with Crippen LogP contribution in [0.5, 0.6) is 5.75 Å². The van der Waals surface area contributed by atoms with Crippen molar-refractivity contribution in [3.63, 3.8) is 0 Å². The van der Waals surface area contributed by atoms with E-state index in [4.69, 9.17) is 4.74 Å². The predicted molar refractivity (Wildman–Crippen MR) is 112 cm³/mol. The summed E-state index contributed by atoms with van der Waals surface area (Å²) in [6.45, 7) is 3.38. The lowest BCUT2D eigenvalue weighted by molar-refractivity contribution is 0.0947. The van der Waals surface area contributed by atoms with Gasteiger partial charge in [-0.1, -0.05) is 12.1 Å². The van der Waals surface area contributed by atoms with Crippen LogP contribution in [0.15, 0.2) is 58.4 Å². The van der Waals surface area contributed by atoms with Crippen LogP contribution < -0.4 is 15.7 Å². The number of nitrogens with zero attached hydrogens (tertiary/aromatic N) is 4. The second-order valence-corrected chi connectivity index (χ2v) is 6.49. The molecule has 8 heteroatoms. The zero-order valence-corrected chi connectivity index (χ0v) is 16.7. The molecule has 0 spiro atoms. The molecule has 0 fully saturated rings. The van der Waals surface area contributed by atoms with Crippen molar-refractivity contribution in [3.05, 3.63) is 86.8 Å². The molecule has 0 radical (unpaired) electrons. The van der Waals surface area contributed by atoms with E-state index in [2.05, 4.69) is 15.6 Å². The van der Waals surface area contributed by atoms with Gasteiger partial charge < -0.3 is 4.74 Å². The molecular formula is C22H19N5O3. The van der Waals surface area contributed by atoms with E-state index in [1.807, 2.05) is 19.1 Å². The van der Waals surface area contributed by atoms with Crippen molar-refractivity contribution in [1.82, 2.24) is 15.2 Å². The van der Waals surface area contributed by atoms with Gasteiger partial charge in [-0.25, -0.2) is 5.43 Å². The highest BCUT2D eigenvalue weighted by Crippen LogP contribution is 2.12. The van der Waals surface area contributed by atoms with Crippen molar-refractivity contribution >= 4 is 12.1 Å². The fraction of sp³-hybridized carbons (Fsp3) is 0.136. The van der Waals surface area contributed by atoms with E-state index < -0.39 is 11.5 Å². The molecule has 8 nitrogen and oxygen atoms in total. The third-order valence-electron chi connectivity index (χ3n) is 4.41. The maximum atomic E-state index is 12.7. The minimum absolute atomic E-state index is 0.0560. The second-order valence-electron chi connectivity index (χ2n) is 6.49. The number of rotatable bonds is 5. The van der Waals surface area contributed by atoms with Crippen LogP contribution in [0, 0.1) is 25.2 Å². The first-order valence-corrected chi connectivity index (χ1v) is 9.03. The average molecular weight is 401 g/mol. The van der Waals surface area contributed by atoms with Crippen LogP contribution >= 0.6 is 0 Å². The van der Waals surface area contributed by atoms with Crippen LogP contribution in [0.25, 0.3) is 5.69 Å². The van der Waals surface area contributed by atoms with E-state index in [1.54, 1.807) is 49.6 Å². The molecular weight excluding hydrogens is 382 g/mol. The number of amides is 1. The lowest BCUT2D eigenvalue weighted by atomic mass is 10.1. The van der Waals surface area contributed by atoms with Gasteiger partial charge in [0.15, 0.2) is 5.69 Å². The largest absolute Gasteiger partial charge is 0.497 e. The van der Waals surface area contributed by atoms with Gasteiger partial charge in [0, 0.05) is 5.56 Å². The predicted octanol–water partition coefficient (Wildman–Crippen LogP) is 2.49. The van der Waals surface area contributed by atoms with Crippen molar-refractivity contribution in [3.8, 4) is 17.5 Å². The van der Waals surface area contributed by atoms with Gasteiger partial charge in [-0.05, 0) is 61.4 Å². The van der Waals surface area contributed by atoms with E-state index in [1.165, 1.54) is 13.1 Å². The van der Waals surface area contributed by atoms with Crippen LogP contribution in [0.1, 0.15) is 32.7 Å². The Labute approximate surface area is 173 Å². The van der Waals surface area contributed by atoms with Gasteiger partial charge in [0.25, 0.3) is 11.5 Å². The number of hydrogen-bond donors (Lipinski definition) is 1. The van der Waals surface area contributed by atoms with E-state index in [0.717, 1.165) is 15.8 Å². The Hall–Kier alpha value is -4.25. The number of nitrogens with one attached hydrogen (secondary N) is 1. The zero-order chi connectivity index (χ0) is 21.7. The molecule has 3 aromatic rings. The van der Waals surface area contributed by atoms with Crippen LogP contribution in [-0.4, -0.2) is 29.0 Å². The molecule has 1 aromatic heterocycles. The maximum absolute atomic E-state index is 12.7. The molecule has 0 unspecified atom stereocenters. The molecule has 0 saturated carbocycles. The first kappa shape index (κ1) is 20.5. The summed E-state index contributed by atoms with van der Waals surface area (Å²) >= 11 is 0. The standard InChI is InChI=1S/C22H19N5O3/c1-14-5-4-6-17(11-14)27-22(29)19(12-23)15(2)20(26-27)21(28)25-24-13-16-7-9-18(30-3)10-8-16/h4-11,13H,1-3H3,(H,25,28)/b24-13+. The summed E-state index contributed by atoms with van der Waals surface area (Å²) in [5, 5.41) is 17.6. The minimum atomic E-state index is -0.629. The van der Waals surface area contributed by atoms with Crippen LogP contribution in [0.2, 0.25) is 0 Å². The average Bonchev–Trinajstić information content (AvgIpc) is 2.74. The fourth-order valence-corrected chi connectivity index (χ4v) is 2.80. The molecule has 0 aliphatic rings. The molecule has 0 bridgehead atoms. The highest BCUT2D eigenvalue weighted by Gasteiger charge is 2.20. The summed E-state index contributed by atoms with van der Waals surface area (Å²) < 4.78 is 6.15. The number of hydrazone groups is 1. The SMILES string of the molecule is COc1ccc(/C=N/NC(=O)c2nn(-c3cccc(C)c3)c(=O)c(C#N)c2C)cc1. The van der Waals surface area contributed by atoms with Gasteiger partial charge in [-0.2, -0.15) is 20.1 Å². The summed E-state index contributed by atoms with van der Waals surface area (Å²) in [5.74, 6) is 0.0774. The molecule has 0 aliphatic carbocycles. The lowest BCUT2D eigenvalue weighted by Crippen LogP contribution is -2.31. The van der Waals surface area contributed by atoms with Gasteiger partial charge in [-0.15, -0.1) is 0 Å². The number of nitriles is 1. The smallest absolute Gasteiger partial charge is 0.292 e. The summed E-state index contributed by atoms with van der Waals surface area (Å²) in [7, 11) is 1.57. The van der Waals surface area contributed by atoms with E-state index in [9.17, 15) is 14.9 Å². The van der Waals surface area contributed by atoms with Crippen LogP contribution in [0.3, 0.4) is 0 Å².